The zero-order chi connectivity index (χ0) is 13.8. The fourth-order valence-electron chi connectivity index (χ4n) is 1.82. The molecule has 0 bridgehead atoms. The van der Waals surface area contributed by atoms with Crippen molar-refractivity contribution in [3.8, 4) is 0 Å². The number of rotatable bonds is 5. The summed E-state index contributed by atoms with van der Waals surface area (Å²) in [7, 11) is 0. The molecule has 2 nitrogen and oxygen atoms in total. The van der Waals surface area contributed by atoms with Crippen LogP contribution >= 0.6 is 0 Å². The summed E-state index contributed by atoms with van der Waals surface area (Å²) < 4.78 is 5.62. The molecule has 0 spiro atoms. The van der Waals surface area contributed by atoms with Crippen molar-refractivity contribution >= 4 is 0 Å². The lowest BCUT2D eigenvalue weighted by atomic mass is 9.99. The maximum absolute atomic E-state index is 10.1. The normalized spacial score (nSPS) is 13.9. The fraction of sp³-hybridized carbons (Fsp3) is 0.625. The third-order valence-corrected chi connectivity index (χ3v) is 2.65. The molecule has 0 fully saturated rings. The zero-order valence-electron chi connectivity index (χ0n) is 12.2. The second kappa shape index (κ2) is 6.35. The van der Waals surface area contributed by atoms with Gasteiger partial charge in [0.2, 0.25) is 0 Å². The van der Waals surface area contributed by atoms with Gasteiger partial charge in [0.05, 0.1) is 12.2 Å². The Balaban J connectivity index is 2.65. The van der Waals surface area contributed by atoms with E-state index in [2.05, 4.69) is 26.0 Å². The molecule has 0 radical (unpaired) electrons. The zero-order valence-corrected chi connectivity index (χ0v) is 12.2. The van der Waals surface area contributed by atoms with Crippen molar-refractivity contribution in [1.29, 1.82) is 0 Å². The highest BCUT2D eigenvalue weighted by atomic mass is 16.5. The van der Waals surface area contributed by atoms with Gasteiger partial charge in [-0.05, 0) is 44.2 Å². The van der Waals surface area contributed by atoms with Gasteiger partial charge in [-0.3, -0.25) is 0 Å². The maximum Gasteiger partial charge on any atom is 0.102 e. The Hall–Kier alpha value is -0.860. The van der Waals surface area contributed by atoms with Crippen molar-refractivity contribution in [2.24, 2.45) is 5.92 Å². The van der Waals surface area contributed by atoms with Crippen LogP contribution in [0.2, 0.25) is 0 Å². The van der Waals surface area contributed by atoms with Crippen LogP contribution in [0.1, 0.15) is 51.8 Å². The predicted octanol–water partition coefficient (Wildman–Crippen LogP) is 3.73. The van der Waals surface area contributed by atoms with Gasteiger partial charge in [-0.15, -0.1) is 0 Å². The second-order valence-electron chi connectivity index (χ2n) is 6.28. The van der Waals surface area contributed by atoms with Gasteiger partial charge in [-0.1, -0.05) is 38.1 Å². The van der Waals surface area contributed by atoms with Crippen LogP contribution in [0, 0.1) is 5.92 Å². The number of aliphatic hydroxyl groups is 1. The lowest BCUT2D eigenvalue weighted by Gasteiger charge is -2.22. The minimum atomic E-state index is -0.545. The van der Waals surface area contributed by atoms with E-state index in [1.165, 1.54) is 5.56 Å². The van der Waals surface area contributed by atoms with Crippen LogP contribution in [0.4, 0.5) is 0 Å². The van der Waals surface area contributed by atoms with E-state index in [0.717, 1.165) is 12.0 Å². The van der Waals surface area contributed by atoms with Gasteiger partial charge in [0.15, 0.2) is 0 Å². The molecule has 18 heavy (non-hydrogen) atoms. The van der Waals surface area contributed by atoms with Crippen molar-refractivity contribution in [2.45, 2.75) is 52.7 Å². The monoisotopic (exact) mass is 250 g/mol. The van der Waals surface area contributed by atoms with Gasteiger partial charge in [0, 0.05) is 0 Å². The second-order valence-corrected chi connectivity index (χ2v) is 6.28. The molecular formula is C16H26O2. The Morgan fingerprint density at radius 1 is 1.22 bits per heavy atom. The average molecular weight is 250 g/mol. The van der Waals surface area contributed by atoms with Crippen LogP contribution in [0.25, 0.3) is 0 Å². The molecule has 0 saturated heterocycles. The van der Waals surface area contributed by atoms with Crippen LogP contribution in [-0.2, 0) is 11.2 Å². The van der Waals surface area contributed by atoms with Crippen molar-refractivity contribution in [3.05, 3.63) is 35.4 Å². The highest BCUT2D eigenvalue weighted by Crippen LogP contribution is 2.19. The lowest BCUT2D eigenvalue weighted by Crippen LogP contribution is -2.22. The molecule has 2 heteroatoms. The minimum Gasteiger partial charge on any atom is -0.386 e. The first-order valence-corrected chi connectivity index (χ1v) is 6.69. The number of ether oxygens (including phenoxy) is 1. The quantitative estimate of drug-likeness (QED) is 0.862. The fourth-order valence-corrected chi connectivity index (χ4v) is 1.82. The van der Waals surface area contributed by atoms with Gasteiger partial charge >= 0.3 is 0 Å². The van der Waals surface area contributed by atoms with Crippen LogP contribution in [0.15, 0.2) is 24.3 Å². The van der Waals surface area contributed by atoms with Crippen molar-refractivity contribution < 1.29 is 9.84 Å². The molecule has 1 aromatic carbocycles. The van der Waals surface area contributed by atoms with E-state index in [4.69, 9.17) is 4.74 Å². The van der Waals surface area contributed by atoms with Gasteiger partial charge in [0.1, 0.15) is 6.10 Å². The number of hydrogen-bond donors (Lipinski definition) is 1. The number of aliphatic hydroxyl groups excluding tert-OH is 1. The Bertz CT molecular complexity index is 364. The topological polar surface area (TPSA) is 29.5 Å². The molecule has 0 aromatic heterocycles. The Morgan fingerprint density at radius 3 is 2.44 bits per heavy atom. The van der Waals surface area contributed by atoms with Crippen LogP contribution in [0.3, 0.4) is 0 Å². The van der Waals surface area contributed by atoms with Crippen LogP contribution < -0.4 is 0 Å². The molecular weight excluding hydrogens is 224 g/mol. The summed E-state index contributed by atoms with van der Waals surface area (Å²) in [4.78, 5) is 0. The van der Waals surface area contributed by atoms with Crippen LogP contribution in [0.5, 0.6) is 0 Å². The van der Waals surface area contributed by atoms with Crippen molar-refractivity contribution in [2.75, 3.05) is 6.61 Å². The highest BCUT2D eigenvalue weighted by molar-refractivity contribution is 5.25. The van der Waals surface area contributed by atoms with Crippen molar-refractivity contribution in [1.82, 2.24) is 0 Å². The molecule has 102 valence electrons. The summed E-state index contributed by atoms with van der Waals surface area (Å²) >= 11 is 0. The molecule has 0 aliphatic carbocycles. The number of benzene rings is 1. The third kappa shape index (κ3) is 5.65. The summed E-state index contributed by atoms with van der Waals surface area (Å²) in [5, 5.41) is 10.1. The Labute approximate surface area is 111 Å². The Morgan fingerprint density at radius 2 is 1.89 bits per heavy atom. The van der Waals surface area contributed by atoms with Gasteiger partial charge < -0.3 is 9.84 Å². The smallest absolute Gasteiger partial charge is 0.102 e. The van der Waals surface area contributed by atoms with Gasteiger partial charge in [0.25, 0.3) is 0 Å². The average Bonchev–Trinajstić information content (AvgIpc) is 2.24. The molecule has 1 atom stereocenters. The molecule has 0 amide bonds. The van der Waals surface area contributed by atoms with E-state index in [-0.39, 0.29) is 5.60 Å². The summed E-state index contributed by atoms with van der Waals surface area (Å²) in [5.41, 5.74) is 2.01. The first kappa shape index (κ1) is 15.2. The van der Waals surface area contributed by atoms with Crippen molar-refractivity contribution in [3.63, 3.8) is 0 Å². The third-order valence-electron chi connectivity index (χ3n) is 2.65. The molecule has 1 rings (SSSR count). The largest absolute Gasteiger partial charge is 0.386 e. The SMILES string of the molecule is CC(C)Cc1cccc(C(O)COC(C)(C)C)c1. The standard InChI is InChI=1S/C16H26O2/c1-12(2)9-13-7-6-8-14(10-13)15(17)11-18-16(3,4)5/h6-8,10,12,15,17H,9,11H2,1-5H3. The van der Waals surface area contributed by atoms with E-state index in [0.29, 0.717) is 12.5 Å². The molecule has 1 unspecified atom stereocenters. The first-order valence-electron chi connectivity index (χ1n) is 6.69. The molecule has 1 N–H and O–H groups in total. The molecule has 0 aliphatic heterocycles. The Kier molecular flexibility index (Phi) is 5.36. The van der Waals surface area contributed by atoms with E-state index in [9.17, 15) is 5.11 Å². The van der Waals surface area contributed by atoms with Gasteiger partial charge in [-0.25, -0.2) is 0 Å². The lowest BCUT2D eigenvalue weighted by molar-refractivity contribution is -0.0496. The first-order chi connectivity index (χ1) is 8.28. The molecule has 0 heterocycles. The van der Waals surface area contributed by atoms with E-state index < -0.39 is 6.10 Å². The summed E-state index contributed by atoms with van der Waals surface area (Å²) in [6, 6.07) is 8.16. The van der Waals surface area contributed by atoms with Gasteiger partial charge in [-0.2, -0.15) is 0 Å². The molecule has 0 saturated carbocycles. The molecule has 1 aromatic rings. The van der Waals surface area contributed by atoms with E-state index in [1.807, 2.05) is 32.9 Å². The van der Waals surface area contributed by atoms with E-state index in [1.54, 1.807) is 0 Å². The predicted molar refractivity (Wildman–Crippen MR) is 75.6 cm³/mol. The highest BCUT2D eigenvalue weighted by Gasteiger charge is 2.15. The summed E-state index contributed by atoms with van der Waals surface area (Å²) in [6.45, 7) is 10.7. The summed E-state index contributed by atoms with van der Waals surface area (Å²) in [5.74, 6) is 0.628. The number of hydrogen-bond acceptors (Lipinski definition) is 2. The molecule has 0 aliphatic rings. The minimum absolute atomic E-state index is 0.212. The van der Waals surface area contributed by atoms with E-state index >= 15 is 0 Å². The summed E-state index contributed by atoms with van der Waals surface area (Å²) in [6.07, 6.45) is 0.497. The van der Waals surface area contributed by atoms with Crippen LogP contribution in [-0.4, -0.2) is 17.3 Å². The maximum atomic E-state index is 10.1.